The summed E-state index contributed by atoms with van der Waals surface area (Å²) in [5, 5.41) is 28.8. The van der Waals surface area contributed by atoms with Crippen LogP contribution in [0, 0.1) is 44.8 Å². The Morgan fingerprint density at radius 2 is 1.80 bits per heavy atom. The van der Waals surface area contributed by atoms with Gasteiger partial charge in [0.2, 0.25) is 6.33 Å². The van der Waals surface area contributed by atoms with Crippen LogP contribution in [0.1, 0.15) is 63.7 Å². The van der Waals surface area contributed by atoms with Gasteiger partial charge in [0.1, 0.15) is 23.7 Å². The highest BCUT2D eigenvalue weighted by Gasteiger charge is 2.42. The summed E-state index contributed by atoms with van der Waals surface area (Å²) in [7, 11) is 0. The van der Waals surface area contributed by atoms with Gasteiger partial charge in [0, 0.05) is 28.9 Å². The second-order valence-corrected chi connectivity index (χ2v) is 12.5. The fraction of sp³-hybridized carbons (Fsp3) is 0.286. The molecule has 0 fully saturated rings. The van der Waals surface area contributed by atoms with E-state index in [9.17, 15) is 14.3 Å². The number of carbonyl (C=O) groups excluding carboxylic acids is 1. The number of rotatable bonds is 9. The molecule has 8 nitrogen and oxygen atoms in total. The maximum absolute atomic E-state index is 15.0. The van der Waals surface area contributed by atoms with Gasteiger partial charge in [-0.3, -0.25) is 4.79 Å². The lowest BCUT2D eigenvalue weighted by atomic mass is 9.79. The smallest absolute Gasteiger partial charge is 0.308 e. The van der Waals surface area contributed by atoms with Crippen molar-refractivity contribution in [2.45, 2.75) is 66.2 Å². The van der Waals surface area contributed by atoms with Gasteiger partial charge in [-0.05, 0) is 91.4 Å². The summed E-state index contributed by atoms with van der Waals surface area (Å²) < 4.78 is 23.9. The third-order valence-corrected chi connectivity index (χ3v) is 9.08. The average molecular weight is 625 g/mol. The Bertz CT molecular complexity index is 1900. The molecule has 5 aromatic rings. The maximum Gasteiger partial charge on any atom is 0.308 e. The van der Waals surface area contributed by atoms with Crippen molar-refractivity contribution in [1.29, 1.82) is 5.26 Å². The number of nitrogens with zero attached hydrogens (tertiary/aromatic N) is 5. The molecule has 0 saturated heterocycles. The summed E-state index contributed by atoms with van der Waals surface area (Å²) in [6, 6.07) is 16.4. The molecule has 10 heteroatoms. The van der Waals surface area contributed by atoms with E-state index in [1.807, 2.05) is 68.2 Å². The molecule has 2 unspecified atom stereocenters. The molecule has 2 heterocycles. The van der Waals surface area contributed by atoms with Crippen molar-refractivity contribution >= 4 is 17.3 Å². The molecule has 0 aliphatic carbocycles. The monoisotopic (exact) mass is 624 g/mol. The van der Waals surface area contributed by atoms with Crippen molar-refractivity contribution in [3.63, 3.8) is 0 Å². The highest BCUT2D eigenvalue weighted by atomic mass is 32.1. The van der Waals surface area contributed by atoms with Gasteiger partial charge >= 0.3 is 5.97 Å². The highest BCUT2D eigenvalue weighted by molar-refractivity contribution is 7.10. The van der Waals surface area contributed by atoms with Crippen LogP contribution in [0.4, 0.5) is 4.39 Å². The Balaban J connectivity index is 1.47. The van der Waals surface area contributed by atoms with E-state index in [0.717, 1.165) is 33.5 Å². The van der Waals surface area contributed by atoms with Gasteiger partial charge in [0.15, 0.2) is 0 Å². The molecule has 230 valence electrons. The third kappa shape index (κ3) is 6.70. The van der Waals surface area contributed by atoms with Crippen LogP contribution in [0.2, 0.25) is 0 Å². The number of ether oxygens (including phenoxy) is 1. The normalized spacial score (nSPS) is 13.2. The molecule has 2 aromatic heterocycles. The van der Waals surface area contributed by atoms with Crippen LogP contribution >= 0.6 is 11.3 Å². The van der Waals surface area contributed by atoms with Crippen LogP contribution in [0.3, 0.4) is 0 Å². The van der Waals surface area contributed by atoms with Crippen molar-refractivity contribution in [2.75, 3.05) is 0 Å². The molecule has 5 rings (SSSR count). The molecule has 0 radical (unpaired) electrons. The molecular formula is C35H35FN5O3S+. The molecule has 0 aliphatic heterocycles. The summed E-state index contributed by atoms with van der Waals surface area (Å²) in [6.45, 7) is 11.2. The third-order valence-electron chi connectivity index (χ3n) is 8.05. The Kier molecular flexibility index (Phi) is 8.96. The molecule has 0 aliphatic rings. The number of hydrogen-bond acceptors (Lipinski definition) is 7. The molecule has 0 amide bonds. The number of aryl methyl sites for hydroxylation is 4. The summed E-state index contributed by atoms with van der Waals surface area (Å²) in [5.41, 5.74) is 5.08. The number of aromatic nitrogens is 4. The number of esters is 1. The minimum absolute atomic E-state index is 0.0553. The maximum atomic E-state index is 15.0. The molecule has 0 spiro atoms. The van der Waals surface area contributed by atoms with Crippen LogP contribution in [-0.4, -0.2) is 25.8 Å². The van der Waals surface area contributed by atoms with Crippen molar-refractivity contribution in [3.8, 4) is 23.1 Å². The predicted octanol–water partition coefficient (Wildman–Crippen LogP) is 6.20. The Labute approximate surface area is 266 Å². The summed E-state index contributed by atoms with van der Waals surface area (Å²) in [6.07, 6.45) is 3.50. The SMILES string of the molecule is CC(=O)Oc1c(C)cc(C[n+]2cnn(CC(O)(c3cc(F)c(C)cc3C)C(C)c3nc(-c4ccc(C#N)cc4)cs3)c2)cc1C. The number of benzene rings is 3. The van der Waals surface area contributed by atoms with E-state index in [1.165, 1.54) is 24.3 Å². The van der Waals surface area contributed by atoms with Crippen LogP contribution in [-0.2, 0) is 23.5 Å². The Hall–Kier alpha value is -4.72. The van der Waals surface area contributed by atoms with Gasteiger partial charge in [0.05, 0.1) is 28.9 Å². The molecule has 1 N–H and O–H groups in total. The van der Waals surface area contributed by atoms with Gasteiger partial charge in [0.25, 0.3) is 6.33 Å². The second kappa shape index (κ2) is 12.7. The van der Waals surface area contributed by atoms with Crippen LogP contribution in [0.5, 0.6) is 5.75 Å². The lowest BCUT2D eigenvalue weighted by Gasteiger charge is -2.33. The number of hydrogen-bond donors (Lipinski definition) is 1. The standard InChI is InChI=1S/C35H35FN5O3S/c1-21-11-22(2)31(36)14-30(21)35(43,25(5)34-39-32(17-45-34)29-9-7-27(15-37)8-10-29)18-41-20-40(19-38-41)16-28-12-23(3)33(24(4)13-28)44-26(6)42/h7-14,17,19-20,25,43H,16,18H2,1-6H3/q+1. The van der Waals surface area contributed by atoms with Crippen molar-refractivity contribution in [3.05, 3.63) is 116 Å². The highest BCUT2D eigenvalue weighted by Crippen LogP contribution is 2.42. The van der Waals surface area contributed by atoms with E-state index in [2.05, 4.69) is 11.2 Å². The second-order valence-electron chi connectivity index (χ2n) is 11.6. The number of aliphatic hydroxyl groups is 1. The topological polar surface area (TPSA) is 105 Å². The van der Waals surface area contributed by atoms with Crippen molar-refractivity contribution in [2.24, 2.45) is 0 Å². The molecule has 0 bridgehead atoms. The minimum atomic E-state index is -1.55. The summed E-state index contributed by atoms with van der Waals surface area (Å²) >= 11 is 1.43. The first-order valence-corrected chi connectivity index (χ1v) is 15.4. The minimum Gasteiger partial charge on any atom is -0.426 e. The molecule has 0 saturated carbocycles. The zero-order valence-corrected chi connectivity index (χ0v) is 26.9. The van der Waals surface area contributed by atoms with Gasteiger partial charge in [-0.25, -0.2) is 13.9 Å². The first-order valence-electron chi connectivity index (χ1n) is 14.5. The number of halogens is 1. The summed E-state index contributed by atoms with van der Waals surface area (Å²) in [4.78, 5) is 16.4. The Morgan fingerprint density at radius 1 is 1.11 bits per heavy atom. The zero-order chi connectivity index (χ0) is 32.5. The van der Waals surface area contributed by atoms with Crippen molar-refractivity contribution < 1.29 is 23.6 Å². The quantitative estimate of drug-likeness (QED) is 0.119. The van der Waals surface area contributed by atoms with E-state index in [1.54, 1.807) is 36.1 Å². The van der Waals surface area contributed by atoms with Crippen LogP contribution in [0.15, 0.2) is 66.6 Å². The Morgan fingerprint density at radius 3 is 2.44 bits per heavy atom. The van der Waals surface area contributed by atoms with E-state index in [4.69, 9.17) is 15.0 Å². The van der Waals surface area contributed by atoms with Crippen molar-refractivity contribution in [1.82, 2.24) is 14.8 Å². The van der Waals surface area contributed by atoms with E-state index >= 15 is 0 Å². The molecule has 45 heavy (non-hydrogen) atoms. The molecule has 3 aromatic carbocycles. The predicted molar refractivity (Wildman–Crippen MR) is 169 cm³/mol. The zero-order valence-electron chi connectivity index (χ0n) is 26.1. The van der Waals surface area contributed by atoms with Crippen LogP contribution < -0.4 is 9.30 Å². The van der Waals surface area contributed by atoms with Crippen LogP contribution in [0.25, 0.3) is 11.3 Å². The summed E-state index contributed by atoms with van der Waals surface area (Å²) in [5.74, 6) is -0.709. The van der Waals surface area contributed by atoms with Gasteiger partial charge in [-0.15, -0.1) is 16.0 Å². The lowest BCUT2D eigenvalue weighted by Crippen LogP contribution is -2.39. The number of carbonyl (C=O) groups is 1. The average Bonchev–Trinajstić information content (AvgIpc) is 3.66. The number of nitriles is 1. The van der Waals surface area contributed by atoms with E-state index in [-0.39, 0.29) is 12.5 Å². The first-order chi connectivity index (χ1) is 21.4. The fourth-order valence-electron chi connectivity index (χ4n) is 5.71. The molecular weight excluding hydrogens is 589 g/mol. The number of thiazole rings is 1. The largest absolute Gasteiger partial charge is 0.426 e. The first kappa shape index (κ1) is 31.7. The van der Waals surface area contributed by atoms with Gasteiger partial charge < -0.3 is 9.84 Å². The van der Waals surface area contributed by atoms with E-state index < -0.39 is 17.3 Å². The fourth-order valence-corrected chi connectivity index (χ4v) is 6.68. The van der Waals surface area contributed by atoms with Gasteiger partial charge in [-0.1, -0.05) is 25.1 Å². The lowest BCUT2D eigenvalue weighted by molar-refractivity contribution is -0.689. The van der Waals surface area contributed by atoms with Gasteiger partial charge in [-0.2, -0.15) is 5.26 Å². The van der Waals surface area contributed by atoms with E-state index in [0.29, 0.717) is 34.0 Å². The molecule has 2 atom stereocenters.